The van der Waals surface area contributed by atoms with E-state index in [9.17, 15) is 4.79 Å². The number of ether oxygens (including phenoxy) is 3. The van der Waals surface area contributed by atoms with Crippen LogP contribution in [-0.2, 0) is 0 Å². The molecule has 2 aromatic rings. The minimum Gasteiger partial charge on any atom is -0.493 e. The Balaban J connectivity index is 1.57. The molecule has 2 aliphatic heterocycles. The van der Waals surface area contributed by atoms with Gasteiger partial charge in [0, 0.05) is 23.7 Å². The summed E-state index contributed by atoms with van der Waals surface area (Å²) in [5, 5.41) is 2.94. The second-order valence-electron chi connectivity index (χ2n) is 7.14. The smallest absolute Gasteiger partial charge is 0.255 e. The Morgan fingerprint density at radius 1 is 1.06 bits per heavy atom. The molecule has 2 unspecified atom stereocenters. The number of rotatable bonds is 6. The van der Waals surface area contributed by atoms with Crippen LogP contribution in [0.1, 0.15) is 28.9 Å². The summed E-state index contributed by atoms with van der Waals surface area (Å²) < 4.78 is 16.0. The molecule has 1 amide bonds. The zero-order valence-corrected chi connectivity index (χ0v) is 17.8. The average molecular weight is 420 g/mol. The summed E-state index contributed by atoms with van der Waals surface area (Å²) in [4.78, 5) is 24.0. The Labute approximate surface area is 180 Å². The lowest BCUT2D eigenvalue weighted by Crippen LogP contribution is -2.31. The van der Waals surface area contributed by atoms with Crippen LogP contribution in [0.15, 0.2) is 58.7 Å². The molecule has 0 saturated heterocycles. The van der Waals surface area contributed by atoms with Crippen molar-refractivity contribution in [2.75, 3.05) is 26.6 Å². The number of carbonyl (C=O) groups excluding carboxylic acids is 1. The average Bonchev–Trinajstić information content (AvgIpc) is 3.14. The van der Waals surface area contributed by atoms with Crippen LogP contribution in [0.25, 0.3) is 0 Å². The molecule has 2 atom stereocenters. The number of carbonyl (C=O) groups is 1. The third-order valence-electron chi connectivity index (χ3n) is 5.32. The fourth-order valence-corrected chi connectivity index (χ4v) is 3.75. The minimum atomic E-state index is -0.285. The van der Waals surface area contributed by atoms with Crippen molar-refractivity contribution in [1.82, 2.24) is 4.90 Å². The highest BCUT2D eigenvalue weighted by molar-refractivity contribution is 6.05. The number of hydrogen-bond donors (Lipinski definition) is 1. The van der Waals surface area contributed by atoms with Crippen molar-refractivity contribution < 1.29 is 19.0 Å². The van der Waals surface area contributed by atoms with Crippen LogP contribution in [0.4, 0.5) is 5.69 Å². The van der Waals surface area contributed by atoms with E-state index in [1.54, 1.807) is 18.3 Å². The van der Waals surface area contributed by atoms with Crippen LogP contribution in [0.3, 0.4) is 0 Å². The summed E-state index contributed by atoms with van der Waals surface area (Å²) in [5.74, 6) is 1.69. The van der Waals surface area contributed by atoms with Crippen molar-refractivity contribution in [2.45, 2.75) is 19.0 Å². The first-order valence-electron chi connectivity index (χ1n) is 9.84. The number of fused-ring (bicyclic) bond motifs is 1. The van der Waals surface area contributed by atoms with Crippen LogP contribution in [0, 0.1) is 0 Å². The second kappa shape index (κ2) is 8.51. The fraction of sp³-hybridized carbons (Fsp3) is 0.261. The first-order valence-corrected chi connectivity index (χ1v) is 9.84. The molecule has 4 rings (SSSR count). The molecule has 0 radical (unpaired) electrons. The summed E-state index contributed by atoms with van der Waals surface area (Å²) in [5.41, 5.74) is 2.07. The summed E-state index contributed by atoms with van der Waals surface area (Å²) in [7, 11) is 4.55. The standard InChI is InChI=1S/C23H24N4O4/c1-14-20(26-23-24-9-6-10-27(14)23)15-7-5-8-17(11-15)25-22(28)16-12-18(29-2)21(31-4)19(13-16)30-3/h5-14,20H,1-4H3,(H,25,28). The van der Waals surface area contributed by atoms with Gasteiger partial charge in [0.05, 0.1) is 33.4 Å². The maximum absolute atomic E-state index is 12.9. The van der Waals surface area contributed by atoms with Gasteiger partial charge in [-0.05, 0) is 42.8 Å². The number of benzene rings is 2. The molecule has 2 heterocycles. The molecular formula is C23H24N4O4. The van der Waals surface area contributed by atoms with Gasteiger partial charge in [0.25, 0.3) is 5.91 Å². The second-order valence-corrected chi connectivity index (χ2v) is 7.14. The third-order valence-corrected chi connectivity index (χ3v) is 5.32. The molecule has 0 aliphatic carbocycles. The van der Waals surface area contributed by atoms with Crippen molar-refractivity contribution in [3.63, 3.8) is 0 Å². The first kappa shape index (κ1) is 20.5. The van der Waals surface area contributed by atoms with E-state index in [4.69, 9.17) is 19.2 Å². The summed E-state index contributed by atoms with van der Waals surface area (Å²) >= 11 is 0. The van der Waals surface area contributed by atoms with Crippen molar-refractivity contribution in [2.24, 2.45) is 9.98 Å². The summed E-state index contributed by atoms with van der Waals surface area (Å²) in [6.45, 7) is 2.10. The molecule has 0 bridgehead atoms. The van der Waals surface area contributed by atoms with Gasteiger partial charge < -0.3 is 24.4 Å². The molecule has 8 nitrogen and oxygen atoms in total. The number of nitrogens with zero attached hydrogens (tertiary/aromatic N) is 3. The number of anilines is 1. The van der Waals surface area contributed by atoms with E-state index < -0.39 is 0 Å². The van der Waals surface area contributed by atoms with Gasteiger partial charge >= 0.3 is 0 Å². The Morgan fingerprint density at radius 3 is 2.45 bits per heavy atom. The Kier molecular flexibility index (Phi) is 5.62. The molecule has 2 aromatic carbocycles. The van der Waals surface area contributed by atoms with Gasteiger partial charge in [-0.1, -0.05) is 12.1 Å². The molecular weight excluding hydrogens is 396 g/mol. The van der Waals surface area contributed by atoms with Crippen molar-refractivity contribution in [3.8, 4) is 17.2 Å². The topological polar surface area (TPSA) is 84.8 Å². The van der Waals surface area contributed by atoms with Crippen LogP contribution in [-0.4, -0.2) is 50.4 Å². The lowest BCUT2D eigenvalue weighted by Gasteiger charge is -2.23. The highest BCUT2D eigenvalue weighted by Gasteiger charge is 2.33. The van der Waals surface area contributed by atoms with Gasteiger partial charge in [0.1, 0.15) is 0 Å². The van der Waals surface area contributed by atoms with Crippen molar-refractivity contribution in [3.05, 3.63) is 59.8 Å². The minimum absolute atomic E-state index is 0.0760. The van der Waals surface area contributed by atoms with E-state index in [2.05, 4.69) is 17.2 Å². The quantitative estimate of drug-likeness (QED) is 0.771. The Morgan fingerprint density at radius 2 is 1.81 bits per heavy atom. The number of aliphatic imine (C=N–C) groups is 2. The predicted octanol–water partition coefficient (Wildman–Crippen LogP) is 3.66. The largest absolute Gasteiger partial charge is 0.493 e. The van der Waals surface area contributed by atoms with Gasteiger partial charge in [-0.2, -0.15) is 0 Å². The fourth-order valence-electron chi connectivity index (χ4n) is 3.75. The lowest BCUT2D eigenvalue weighted by atomic mass is 10.0. The van der Waals surface area contributed by atoms with Crippen molar-refractivity contribution in [1.29, 1.82) is 0 Å². The summed E-state index contributed by atoms with van der Waals surface area (Å²) in [6.07, 6.45) is 5.61. The molecule has 0 saturated carbocycles. The number of allylic oxidation sites excluding steroid dienone is 1. The van der Waals surface area contributed by atoms with Crippen LogP contribution < -0.4 is 19.5 Å². The normalized spacial score (nSPS) is 19.0. The SMILES string of the molecule is COc1cc(C(=O)Nc2cccc(C3N=C4N=CC=CN4C3C)c2)cc(OC)c1OC. The van der Waals surface area contributed by atoms with Gasteiger partial charge in [-0.25, -0.2) is 9.98 Å². The van der Waals surface area contributed by atoms with E-state index in [0.29, 0.717) is 34.5 Å². The first-order chi connectivity index (χ1) is 15.0. The zero-order chi connectivity index (χ0) is 22.0. The maximum atomic E-state index is 12.9. The van der Waals surface area contributed by atoms with E-state index in [1.807, 2.05) is 41.4 Å². The van der Waals surface area contributed by atoms with E-state index in [1.165, 1.54) is 21.3 Å². The Bertz CT molecular complexity index is 1070. The molecule has 0 spiro atoms. The number of nitrogens with one attached hydrogen (secondary N) is 1. The number of hydrogen-bond acceptors (Lipinski definition) is 7. The Hall–Kier alpha value is -3.81. The third kappa shape index (κ3) is 3.84. The van der Waals surface area contributed by atoms with Crippen LogP contribution >= 0.6 is 0 Å². The molecule has 8 heteroatoms. The molecule has 1 N–H and O–H groups in total. The maximum Gasteiger partial charge on any atom is 0.255 e. The molecule has 160 valence electrons. The van der Waals surface area contributed by atoms with Crippen LogP contribution in [0.5, 0.6) is 17.2 Å². The monoisotopic (exact) mass is 420 g/mol. The molecule has 0 fully saturated rings. The molecule has 31 heavy (non-hydrogen) atoms. The molecule has 2 aliphatic rings. The van der Waals surface area contributed by atoms with E-state index >= 15 is 0 Å². The highest BCUT2D eigenvalue weighted by Crippen LogP contribution is 2.38. The number of amides is 1. The van der Waals surface area contributed by atoms with E-state index in [-0.39, 0.29) is 18.0 Å². The summed E-state index contributed by atoms with van der Waals surface area (Å²) in [6, 6.07) is 11.0. The zero-order valence-electron chi connectivity index (χ0n) is 17.8. The number of guanidine groups is 1. The van der Waals surface area contributed by atoms with Gasteiger partial charge in [-0.15, -0.1) is 0 Å². The number of methoxy groups -OCH3 is 3. The van der Waals surface area contributed by atoms with Crippen molar-refractivity contribution >= 4 is 23.8 Å². The van der Waals surface area contributed by atoms with Gasteiger partial charge in [-0.3, -0.25) is 4.79 Å². The lowest BCUT2D eigenvalue weighted by molar-refractivity contribution is 0.102. The van der Waals surface area contributed by atoms with Crippen LogP contribution in [0.2, 0.25) is 0 Å². The van der Waals surface area contributed by atoms with Gasteiger partial charge in [0.15, 0.2) is 11.5 Å². The highest BCUT2D eigenvalue weighted by atomic mass is 16.5. The predicted molar refractivity (Wildman–Crippen MR) is 120 cm³/mol. The van der Waals surface area contributed by atoms with Gasteiger partial charge in [0.2, 0.25) is 11.7 Å². The van der Waals surface area contributed by atoms with E-state index in [0.717, 1.165) is 5.56 Å². The molecule has 0 aromatic heterocycles.